The first-order chi connectivity index (χ1) is 11.3. The summed E-state index contributed by atoms with van der Waals surface area (Å²) in [6, 6.07) is 9.23. The van der Waals surface area contributed by atoms with Crippen LogP contribution in [0, 0.1) is 0 Å². The third kappa shape index (κ3) is 4.41. The highest BCUT2D eigenvalue weighted by atomic mass is 19.4. The molecule has 0 spiro atoms. The van der Waals surface area contributed by atoms with Gasteiger partial charge in [0, 0.05) is 5.69 Å². The fourth-order valence-electron chi connectivity index (χ4n) is 2.01. The maximum atomic E-state index is 12.7. The standard InChI is InChI=1S/C17H17F3N2O2/c1-2-8-24-16(23)11-6-7-15(14(21)9-11)22-13-5-3-4-12(10-13)17(18,19)20/h3-7,9-10,22H,2,8,21H2,1H3. The van der Waals surface area contributed by atoms with Gasteiger partial charge in [-0.15, -0.1) is 0 Å². The van der Waals surface area contributed by atoms with Gasteiger partial charge < -0.3 is 15.8 Å². The molecule has 0 unspecified atom stereocenters. The molecule has 4 nitrogen and oxygen atoms in total. The summed E-state index contributed by atoms with van der Waals surface area (Å²) in [5.74, 6) is -0.492. The van der Waals surface area contributed by atoms with Crippen molar-refractivity contribution in [3.63, 3.8) is 0 Å². The maximum Gasteiger partial charge on any atom is 0.416 e. The van der Waals surface area contributed by atoms with E-state index in [1.165, 1.54) is 30.3 Å². The van der Waals surface area contributed by atoms with E-state index in [-0.39, 0.29) is 16.9 Å². The predicted molar refractivity (Wildman–Crippen MR) is 86.2 cm³/mol. The fraction of sp³-hybridized carbons (Fsp3) is 0.235. The van der Waals surface area contributed by atoms with Crippen molar-refractivity contribution < 1.29 is 22.7 Å². The summed E-state index contributed by atoms with van der Waals surface area (Å²) in [5.41, 5.74) is 6.28. The number of ether oxygens (including phenoxy) is 1. The van der Waals surface area contributed by atoms with E-state index in [4.69, 9.17) is 10.5 Å². The Morgan fingerprint density at radius 1 is 1.21 bits per heavy atom. The zero-order valence-corrected chi connectivity index (χ0v) is 13.0. The second-order valence-electron chi connectivity index (χ2n) is 5.14. The van der Waals surface area contributed by atoms with Crippen LogP contribution in [-0.4, -0.2) is 12.6 Å². The Morgan fingerprint density at radius 2 is 1.96 bits per heavy atom. The van der Waals surface area contributed by atoms with Crippen LogP contribution in [0.3, 0.4) is 0 Å². The quantitative estimate of drug-likeness (QED) is 0.618. The summed E-state index contributed by atoms with van der Waals surface area (Å²) in [5, 5.41) is 2.82. The van der Waals surface area contributed by atoms with Crippen LogP contribution < -0.4 is 11.1 Å². The van der Waals surface area contributed by atoms with Crippen LogP contribution >= 0.6 is 0 Å². The second kappa shape index (κ2) is 7.25. The molecule has 0 bridgehead atoms. The normalized spacial score (nSPS) is 11.2. The molecule has 0 heterocycles. The van der Waals surface area contributed by atoms with Gasteiger partial charge in [-0.25, -0.2) is 4.79 Å². The number of benzene rings is 2. The number of hydrogen-bond donors (Lipinski definition) is 2. The smallest absolute Gasteiger partial charge is 0.416 e. The topological polar surface area (TPSA) is 64.3 Å². The SMILES string of the molecule is CCCOC(=O)c1ccc(Nc2cccc(C(F)(F)F)c2)c(N)c1. The molecular weight excluding hydrogens is 321 g/mol. The van der Waals surface area contributed by atoms with Gasteiger partial charge >= 0.3 is 12.1 Å². The molecule has 7 heteroatoms. The number of alkyl halides is 3. The van der Waals surface area contributed by atoms with Crippen LogP contribution in [0.25, 0.3) is 0 Å². The van der Waals surface area contributed by atoms with E-state index in [0.29, 0.717) is 18.7 Å². The van der Waals surface area contributed by atoms with E-state index in [1.807, 2.05) is 6.92 Å². The maximum absolute atomic E-state index is 12.7. The van der Waals surface area contributed by atoms with Crippen molar-refractivity contribution in [3.05, 3.63) is 53.6 Å². The molecule has 0 saturated carbocycles. The minimum atomic E-state index is -4.42. The molecule has 0 fully saturated rings. The molecule has 3 N–H and O–H groups in total. The number of halogens is 3. The highest BCUT2D eigenvalue weighted by Crippen LogP contribution is 2.32. The highest BCUT2D eigenvalue weighted by Gasteiger charge is 2.30. The van der Waals surface area contributed by atoms with E-state index in [9.17, 15) is 18.0 Å². The number of nitrogen functional groups attached to an aromatic ring is 1. The molecule has 2 rings (SSSR count). The van der Waals surface area contributed by atoms with Crippen molar-refractivity contribution in [2.45, 2.75) is 19.5 Å². The van der Waals surface area contributed by atoms with Crippen molar-refractivity contribution in [2.75, 3.05) is 17.7 Å². The van der Waals surface area contributed by atoms with Gasteiger partial charge in [0.15, 0.2) is 0 Å². The molecule has 0 aromatic heterocycles. The van der Waals surface area contributed by atoms with Crippen molar-refractivity contribution in [1.82, 2.24) is 0 Å². The summed E-state index contributed by atoms with van der Waals surface area (Å²) in [4.78, 5) is 11.8. The molecule has 0 atom stereocenters. The van der Waals surface area contributed by atoms with Crippen molar-refractivity contribution in [2.24, 2.45) is 0 Å². The molecule has 24 heavy (non-hydrogen) atoms. The lowest BCUT2D eigenvalue weighted by atomic mass is 10.1. The first-order valence-electron chi connectivity index (χ1n) is 7.32. The lowest BCUT2D eigenvalue weighted by Gasteiger charge is -2.13. The lowest BCUT2D eigenvalue weighted by molar-refractivity contribution is -0.137. The van der Waals surface area contributed by atoms with Crippen LogP contribution in [0.15, 0.2) is 42.5 Å². The van der Waals surface area contributed by atoms with Gasteiger partial charge in [-0.2, -0.15) is 13.2 Å². The van der Waals surface area contributed by atoms with Crippen LogP contribution in [-0.2, 0) is 10.9 Å². The Bertz CT molecular complexity index is 730. The largest absolute Gasteiger partial charge is 0.462 e. The Morgan fingerprint density at radius 3 is 2.58 bits per heavy atom. The van der Waals surface area contributed by atoms with Crippen molar-refractivity contribution in [1.29, 1.82) is 0 Å². The summed E-state index contributed by atoms with van der Waals surface area (Å²) in [6.45, 7) is 2.19. The summed E-state index contributed by atoms with van der Waals surface area (Å²) < 4.78 is 43.2. The number of nitrogens with one attached hydrogen (secondary N) is 1. The first kappa shape index (κ1) is 17.7. The third-order valence-corrected chi connectivity index (χ3v) is 3.19. The monoisotopic (exact) mass is 338 g/mol. The van der Waals surface area contributed by atoms with Crippen LogP contribution in [0.2, 0.25) is 0 Å². The molecule has 0 saturated heterocycles. The molecule has 0 amide bonds. The van der Waals surface area contributed by atoms with Gasteiger partial charge in [-0.3, -0.25) is 0 Å². The summed E-state index contributed by atoms with van der Waals surface area (Å²) in [6.07, 6.45) is -3.72. The number of rotatable bonds is 5. The molecule has 2 aromatic carbocycles. The molecule has 0 aliphatic rings. The zero-order valence-electron chi connectivity index (χ0n) is 13.0. The van der Waals surface area contributed by atoms with Gasteiger partial charge in [-0.05, 0) is 42.8 Å². The summed E-state index contributed by atoms with van der Waals surface area (Å²) >= 11 is 0. The first-order valence-corrected chi connectivity index (χ1v) is 7.32. The van der Waals surface area contributed by atoms with Crippen LogP contribution in [0.4, 0.5) is 30.2 Å². The van der Waals surface area contributed by atoms with E-state index < -0.39 is 17.7 Å². The van der Waals surface area contributed by atoms with Crippen LogP contribution in [0.1, 0.15) is 29.3 Å². The van der Waals surface area contributed by atoms with Gasteiger partial charge in [0.2, 0.25) is 0 Å². The number of nitrogens with two attached hydrogens (primary N) is 1. The molecule has 0 radical (unpaired) electrons. The average molecular weight is 338 g/mol. The van der Waals surface area contributed by atoms with Crippen LogP contribution in [0.5, 0.6) is 0 Å². The third-order valence-electron chi connectivity index (χ3n) is 3.19. The Kier molecular flexibility index (Phi) is 5.33. The minimum absolute atomic E-state index is 0.235. The number of anilines is 3. The van der Waals surface area contributed by atoms with E-state index in [2.05, 4.69) is 5.32 Å². The second-order valence-corrected chi connectivity index (χ2v) is 5.14. The lowest BCUT2D eigenvalue weighted by Crippen LogP contribution is -2.08. The highest BCUT2D eigenvalue weighted by molar-refractivity contribution is 5.92. The predicted octanol–water partition coefficient (Wildman–Crippen LogP) is 4.60. The van der Waals surface area contributed by atoms with E-state index in [0.717, 1.165) is 12.1 Å². The van der Waals surface area contributed by atoms with E-state index >= 15 is 0 Å². The minimum Gasteiger partial charge on any atom is -0.462 e. The number of hydrogen-bond acceptors (Lipinski definition) is 4. The number of carbonyl (C=O) groups excluding carboxylic acids is 1. The molecule has 2 aromatic rings. The average Bonchev–Trinajstić information content (AvgIpc) is 2.54. The molecular formula is C17H17F3N2O2. The Balaban J connectivity index is 2.18. The van der Waals surface area contributed by atoms with Crippen molar-refractivity contribution in [3.8, 4) is 0 Å². The van der Waals surface area contributed by atoms with Gasteiger partial charge in [-0.1, -0.05) is 13.0 Å². The molecule has 0 aliphatic carbocycles. The molecule has 128 valence electrons. The van der Waals surface area contributed by atoms with Gasteiger partial charge in [0.1, 0.15) is 0 Å². The number of carbonyl (C=O) groups is 1. The zero-order chi connectivity index (χ0) is 17.7. The van der Waals surface area contributed by atoms with Gasteiger partial charge in [0.05, 0.1) is 29.1 Å². The van der Waals surface area contributed by atoms with Gasteiger partial charge in [0.25, 0.3) is 0 Å². The summed E-state index contributed by atoms with van der Waals surface area (Å²) in [7, 11) is 0. The Labute approximate surface area is 137 Å². The molecule has 0 aliphatic heterocycles. The van der Waals surface area contributed by atoms with E-state index in [1.54, 1.807) is 0 Å². The number of esters is 1. The van der Waals surface area contributed by atoms with Crippen molar-refractivity contribution >= 4 is 23.0 Å². The fourth-order valence-corrected chi connectivity index (χ4v) is 2.01. The Hall–Kier alpha value is -2.70.